The SMILES string of the molecule is CCOC(=O)c1c(C)c2c(c(CCCCl)c1O)CCCC2. The predicted molar refractivity (Wildman–Crippen MR) is 84.5 cm³/mol. The highest BCUT2D eigenvalue weighted by Gasteiger charge is 2.26. The second-order valence-corrected chi connectivity index (χ2v) is 5.88. The van der Waals surface area contributed by atoms with E-state index >= 15 is 0 Å². The van der Waals surface area contributed by atoms with Crippen molar-refractivity contribution in [3.05, 3.63) is 27.8 Å². The molecular weight excluding hydrogens is 288 g/mol. The molecular formula is C17H23ClO3. The number of phenolic OH excluding ortho intramolecular Hbond substituents is 1. The number of aromatic hydroxyl groups is 1. The minimum Gasteiger partial charge on any atom is -0.507 e. The molecule has 1 aromatic carbocycles. The maximum atomic E-state index is 12.2. The van der Waals surface area contributed by atoms with Crippen molar-refractivity contribution >= 4 is 17.6 Å². The third-order valence-electron chi connectivity index (χ3n) is 4.22. The molecule has 0 aromatic heterocycles. The molecule has 0 spiro atoms. The predicted octanol–water partition coefficient (Wildman–Crippen LogP) is 3.93. The molecule has 1 N–H and O–H groups in total. The summed E-state index contributed by atoms with van der Waals surface area (Å²) in [7, 11) is 0. The maximum absolute atomic E-state index is 12.2. The van der Waals surface area contributed by atoms with Crippen LogP contribution in [0.4, 0.5) is 0 Å². The average molecular weight is 311 g/mol. The number of carbonyl (C=O) groups is 1. The first-order valence-electron chi connectivity index (χ1n) is 7.71. The Labute approximate surface area is 131 Å². The van der Waals surface area contributed by atoms with Gasteiger partial charge >= 0.3 is 5.97 Å². The van der Waals surface area contributed by atoms with Crippen LogP contribution in [-0.2, 0) is 24.0 Å². The van der Waals surface area contributed by atoms with E-state index in [1.807, 2.05) is 6.92 Å². The zero-order chi connectivity index (χ0) is 15.4. The summed E-state index contributed by atoms with van der Waals surface area (Å²) in [4.78, 5) is 12.2. The highest BCUT2D eigenvalue weighted by molar-refractivity contribution is 6.17. The largest absolute Gasteiger partial charge is 0.507 e. The molecule has 4 heteroatoms. The standard InChI is InChI=1S/C17H23ClO3/c1-3-21-17(20)15-11(2)12-7-4-5-8-13(12)14(16(15)19)9-6-10-18/h19H,3-10H2,1-2H3. The lowest BCUT2D eigenvalue weighted by atomic mass is 9.81. The first kappa shape index (κ1) is 16.2. The molecule has 21 heavy (non-hydrogen) atoms. The number of hydrogen-bond acceptors (Lipinski definition) is 3. The van der Waals surface area contributed by atoms with Gasteiger partial charge in [0, 0.05) is 5.88 Å². The minimum absolute atomic E-state index is 0.108. The van der Waals surface area contributed by atoms with Gasteiger partial charge in [0.15, 0.2) is 0 Å². The van der Waals surface area contributed by atoms with Crippen molar-refractivity contribution in [2.45, 2.75) is 52.4 Å². The van der Waals surface area contributed by atoms with Gasteiger partial charge in [-0.2, -0.15) is 0 Å². The first-order chi connectivity index (χ1) is 10.1. The highest BCUT2D eigenvalue weighted by Crippen LogP contribution is 2.38. The number of alkyl halides is 1. The first-order valence-corrected chi connectivity index (χ1v) is 8.24. The fourth-order valence-corrected chi connectivity index (χ4v) is 3.37. The molecule has 0 amide bonds. The van der Waals surface area contributed by atoms with Crippen LogP contribution < -0.4 is 0 Å². The summed E-state index contributed by atoms with van der Waals surface area (Å²) in [5, 5.41) is 10.6. The summed E-state index contributed by atoms with van der Waals surface area (Å²) >= 11 is 5.80. The van der Waals surface area contributed by atoms with Crippen LogP contribution in [0, 0.1) is 6.92 Å². The van der Waals surface area contributed by atoms with Crippen LogP contribution in [0.1, 0.15) is 58.8 Å². The maximum Gasteiger partial charge on any atom is 0.342 e. The van der Waals surface area contributed by atoms with E-state index in [0.29, 0.717) is 24.5 Å². The van der Waals surface area contributed by atoms with Crippen molar-refractivity contribution in [1.82, 2.24) is 0 Å². The van der Waals surface area contributed by atoms with Crippen LogP contribution in [0.5, 0.6) is 5.75 Å². The fourth-order valence-electron chi connectivity index (χ4n) is 3.24. The summed E-state index contributed by atoms with van der Waals surface area (Å²) in [6, 6.07) is 0. The van der Waals surface area contributed by atoms with Crippen LogP contribution in [-0.4, -0.2) is 23.6 Å². The Bertz CT molecular complexity index is 538. The summed E-state index contributed by atoms with van der Waals surface area (Å²) in [6.07, 6.45) is 5.73. The van der Waals surface area contributed by atoms with E-state index in [0.717, 1.165) is 43.2 Å². The number of fused-ring (bicyclic) bond motifs is 1. The number of halogens is 1. The summed E-state index contributed by atoms with van der Waals surface area (Å²) < 4.78 is 5.12. The molecule has 0 fully saturated rings. The molecule has 0 atom stereocenters. The van der Waals surface area contributed by atoms with Gasteiger partial charge < -0.3 is 9.84 Å². The summed E-state index contributed by atoms with van der Waals surface area (Å²) in [5.41, 5.74) is 4.59. The lowest BCUT2D eigenvalue weighted by Gasteiger charge is -2.25. The van der Waals surface area contributed by atoms with Crippen molar-refractivity contribution < 1.29 is 14.6 Å². The van der Waals surface area contributed by atoms with Crippen LogP contribution in [0.25, 0.3) is 0 Å². The van der Waals surface area contributed by atoms with Crippen LogP contribution in [0.3, 0.4) is 0 Å². The lowest BCUT2D eigenvalue weighted by molar-refractivity contribution is 0.0521. The zero-order valence-electron chi connectivity index (χ0n) is 12.8. The topological polar surface area (TPSA) is 46.5 Å². The van der Waals surface area contributed by atoms with E-state index in [4.69, 9.17) is 16.3 Å². The van der Waals surface area contributed by atoms with Crippen molar-refractivity contribution in [2.75, 3.05) is 12.5 Å². The molecule has 0 radical (unpaired) electrons. The van der Waals surface area contributed by atoms with Crippen LogP contribution in [0.15, 0.2) is 0 Å². The molecule has 1 aliphatic carbocycles. The number of carbonyl (C=O) groups excluding carboxylic acids is 1. The van der Waals surface area contributed by atoms with Gasteiger partial charge in [0.25, 0.3) is 0 Å². The Balaban J connectivity index is 2.57. The third kappa shape index (κ3) is 3.18. The smallest absolute Gasteiger partial charge is 0.342 e. The van der Waals surface area contributed by atoms with Gasteiger partial charge in [-0.3, -0.25) is 0 Å². The number of ether oxygens (including phenoxy) is 1. The number of phenols is 1. The second-order valence-electron chi connectivity index (χ2n) is 5.50. The lowest BCUT2D eigenvalue weighted by Crippen LogP contribution is -2.16. The summed E-state index contributed by atoms with van der Waals surface area (Å²) in [5.74, 6) is 0.237. The molecule has 0 saturated heterocycles. The molecule has 0 unspecified atom stereocenters. The molecule has 116 valence electrons. The van der Waals surface area contributed by atoms with E-state index in [2.05, 4.69) is 0 Å². The van der Waals surface area contributed by atoms with Crippen molar-refractivity contribution in [3.8, 4) is 5.75 Å². The average Bonchev–Trinajstić information content (AvgIpc) is 2.47. The Hall–Kier alpha value is -1.22. The van der Waals surface area contributed by atoms with Crippen LogP contribution in [0.2, 0.25) is 0 Å². The molecule has 0 saturated carbocycles. The third-order valence-corrected chi connectivity index (χ3v) is 4.49. The number of hydrogen-bond donors (Lipinski definition) is 1. The van der Waals surface area contributed by atoms with E-state index < -0.39 is 5.97 Å². The molecule has 0 heterocycles. The monoisotopic (exact) mass is 310 g/mol. The molecule has 1 aromatic rings. The zero-order valence-corrected chi connectivity index (χ0v) is 13.6. The van der Waals surface area contributed by atoms with Gasteiger partial charge in [-0.15, -0.1) is 11.6 Å². The Kier molecular flexibility index (Phi) is 5.51. The van der Waals surface area contributed by atoms with Gasteiger partial charge in [-0.1, -0.05) is 0 Å². The number of benzene rings is 1. The molecule has 0 bridgehead atoms. The van der Waals surface area contributed by atoms with E-state index in [-0.39, 0.29) is 5.75 Å². The second kappa shape index (κ2) is 7.17. The van der Waals surface area contributed by atoms with E-state index in [1.165, 1.54) is 11.1 Å². The van der Waals surface area contributed by atoms with Crippen molar-refractivity contribution in [2.24, 2.45) is 0 Å². The van der Waals surface area contributed by atoms with Gasteiger partial charge in [0.2, 0.25) is 0 Å². The summed E-state index contributed by atoms with van der Waals surface area (Å²) in [6.45, 7) is 4.00. The van der Waals surface area contributed by atoms with E-state index in [1.54, 1.807) is 6.92 Å². The number of rotatable bonds is 5. The molecule has 2 rings (SSSR count). The molecule has 0 aliphatic heterocycles. The normalized spacial score (nSPS) is 13.9. The van der Waals surface area contributed by atoms with Gasteiger partial charge in [0.05, 0.1) is 6.61 Å². The van der Waals surface area contributed by atoms with Crippen LogP contribution >= 0.6 is 11.6 Å². The van der Waals surface area contributed by atoms with Crippen molar-refractivity contribution in [3.63, 3.8) is 0 Å². The number of esters is 1. The molecule has 1 aliphatic rings. The van der Waals surface area contributed by atoms with E-state index in [9.17, 15) is 9.90 Å². The molecule has 3 nitrogen and oxygen atoms in total. The van der Waals surface area contributed by atoms with Gasteiger partial charge in [-0.25, -0.2) is 4.79 Å². The van der Waals surface area contributed by atoms with Gasteiger partial charge in [-0.05, 0) is 74.6 Å². The van der Waals surface area contributed by atoms with Gasteiger partial charge in [0.1, 0.15) is 11.3 Å². The minimum atomic E-state index is -0.423. The fraction of sp³-hybridized carbons (Fsp3) is 0.588. The Morgan fingerprint density at radius 2 is 1.95 bits per heavy atom. The highest BCUT2D eigenvalue weighted by atomic mass is 35.5. The Morgan fingerprint density at radius 1 is 1.29 bits per heavy atom. The Morgan fingerprint density at radius 3 is 2.57 bits per heavy atom. The van der Waals surface area contributed by atoms with Crippen molar-refractivity contribution in [1.29, 1.82) is 0 Å². The quantitative estimate of drug-likeness (QED) is 0.662.